The lowest BCUT2D eigenvalue weighted by Crippen LogP contribution is -2.10. The van der Waals surface area contributed by atoms with Crippen molar-refractivity contribution >= 4 is 5.97 Å². The monoisotopic (exact) mass is 173 g/mol. The first-order chi connectivity index (χ1) is 5.43. The summed E-state index contributed by atoms with van der Waals surface area (Å²) in [5, 5.41) is 22.3. The molecule has 12 heavy (non-hydrogen) atoms. The predicted octanol–water partition coefficient (Wildman–Crippen LogP) is 1.20. The molecular formula is C7H12N2O3. The van der Waals surface area contributed by atoms with Gasteiger partial charge < -0.3 is 10.3 Å². The second-order valence-corrected chi connectivity index (χ2v) is 2.78. The van der Waals surface area contributed by atoms with Gasteiger partial charge in [-0.3, -0.25) is 0 Å². The minimum absolute atomic E-state index is 0.146. The van der Waals surface area contributed by atoms with E-state index >= 15 is 0 Å². The first-order valence-corrected chi connectivity index (χ1v) is 3.52. The summed E-state index contributed by atoms with van der Waals surface area (Å²) in [4.78, 5) is 10.5. The minimum atomic E-state index is -1.28. The molecule has 0 saturated heterocycles. The van der Waals surface area contributed by atoms with Crippen molar-refractivity contribution < 1.29 is 14.8 Å². The van der Waals surface area contributed by atoms with Crippen LogP contribution >= 0.6 is 0 Å². The molecule has 0 rings (SSSR count). The highest BCUT2D eigenvalue weighted by Crippen LogP contribution is 1.97. The summed E-state index contributed by atoms with van der Waals surface area (Å²) in [5.74, 6) is -1.13. The Morgan fingerprint density at radius 1 is 1.75 bits per heavy atom. The molecule has 0 unspecified atom stereocenters. The van der Waals surface area contributed by atoms with Crippen molar-refractivity contribution in [3.05, 3.63) is 17.5 Å². The van der Waals surface area contributed by atoms with Crippen molar-refractivity contribution in [1.82, 2.24) is 0 Å². The molecule has 0 heterocycles. The molecule has 0 aromatic heterocycles. The summed E-state index contributed by atoms with van der Waals surface area (Å²) >= 11 is 0. The van der Waals surface area contributed by atoms with E-state index < -0.39 is 11.7 Å². The lowest BCUT2D eigenvalue weighted by Gasteiger charge is -2.02. The fraction of sp³-hybridized carbons (Fsp3) is 0.571. The third-order valence-corrected chi connectivity index (χ3v) is 1.00. The zero-order valence-electron chi connectivity index (χ0n) is 7.15. The predicted molar refractivity (Wildman–Crippen MR) is 42.5 cm³/mol. The fourth-order valence-corrected chi connectivity index (χ4v) is 0.531. The third kappa shape index (κ3) is 4.43. The van der Waals surface area contributed by atoms with E-state index in [2.05, 4.69) is 11.7 Å². The molecule has 0 saturated carbocycles. The Hall–Kier alpha value is -1.39. The van der Waals surface area contributed by atoms with Crippen molar-refractivity contribution in [3.8, 4) is 0 Å². The van der Waals surface area contributed by atoms with Gasteiger partial charge in [0.15, 0.2) is 6.54 Å². The fourth-order valence-electron chi connectivity index (χ4n) is 0.531. The van der Waals surface area contributed by atoms with Crippen molar-refractivity contribution in [2.75, 3.05) is 6.54 Å². The van der Waals surface area contributed by atoms with Crippen LogP contribution in [0.3, 0.4) is 0 Å². The summed E-state index contributed by atoms with van der Waals surface area (Å²) < 4.78 is 0. The Morgan fingerprint density at radius 3 is 2.58 bits per heavy atom. The summed E-state index contributed by atoms with van der Waals surface area (Å²) in [7, 11) is 0. The number of carboxylic acid groups (broad SMARTS) is 1. The molecule has 0 aliphatic rings. The third-order valence-electron chi connectivity index (χ3n) is 1.00. The molecule has 1 N–H and O–H groups in total. The highest BCUT2D eigenvalue weighted by atomic mass is 16.5. The smallest absolute Gasteiger partial charge is 0.360 e. The maximum atomic E-state index is 10.8. The molecule has 0 aliphatic carbocycles. The summed E-state index contributed by atoms with van der Waals surface area (Å²) in [6.45, 7) is 6.94. The van der Waals surface area contributed by atoms with Gasteiger partial charge in [0.1, 0.15) is 0 Å². The maximum absolute atomic E-state index is 10.8. The van der Waals surface area contributed by atoms with E-state index in [4.69, 9.17) is 5.11 Å². The Balaban J connectivity index is 4.16. The SMILES string of the molecule is CC(C)C[N+]([O-])=NC(=[13CH2])C(=O)O. The number of hydroxylamine groups is 1. The van der Waals surface area contributed by atoms with Gasteiger partial charge in [-0.2, -0.15) is 0 Å². The first-order valence-electron chi connectivity index (χ1n) is 3.52. The van der Waals surface area contributed by atoms with Gasteiger partial charge in [0.2, 0.25) is 5.70 Å². The van der Waals surface area contributed by atoms with Crippen molar-refractivity contribution in [2.24, 2.45) is 11.0 Å². The standard InChI is InChI=1S/C7H12N2O3/c1-5(2)4-9(12)8-6(3)7(10)11/h5H,3-4H2,1-2H3,(H,10,11)/i3+1. The molecule has 0 fully saturated rings. The molecule has 0 amide bonds. The van der Waals surface area contributed by atoms with Gasteiger partial charge in [-0.15, -0.1) is 0 Å². The van der Waals surface area contributed by atoms with Crippen LogP contribution in [0.2, 0.25) is 0 Å². The molecule has 0 atom stereocenters. The van der Waals surface area contributed by atoms with Crippen LogP contribution in [0.15, 0.2) is 17.4 Å². The van der Waals surface area contributed by atoms with Gasteiger partial charge >= 0.3 is 5.97 Å². The van der Waals surface area contributed by atoms with Crippen LogP contribution in [-0.4, -0.2) is 22.5 Å². The van der Waals surface area contributed by atoms with Crippen LogP contribution in [0, 0.1) is 11.1 Å². The Bertz CT molecular complexity index is 221. The summed E-state index contributed by atoms with van der Waals surface area (Å²) in [6.07, 6.45) is 0. The van der Waals surface area contributed by atoms with Crippen LogP contribution in [0.4, 0.5) is 0 Å². The molecule has 0 radical (unpaired) electrons. The topological polar surface area (TPSA) is 75.7 Å². The average Bonchev–Trinajstić information content (AvgIpc) is 1.84. The second-order valence-electron chi connectivity index (χ2n) is 2.78. The molecule has 68 valence electrons. The van der Waals surface area contributed by atoms with Gasteiger partial charge in [-0.05, 0) is 0 Å². The Morgan fingerprint density at radius 2 is 2.25 bits per heavy atom. The zero-order valence-corrected chi connectivity index (χ0v) is 7.15. The molecule has 5 nitrogen and oxygen atoms in total. The molecule has 0 bridgehead atoms. The van der Waals surface area contributed by atoms with Crippen LogP contribution in [0.25, 0.3) is 0 Å². The highest BCUT2D eigenvalue weighted by molar-refractivity contribution is 5.84. The largest absolute Gasteiger partial charge is 0.600 e. The summed E-state index contributed by atoms with van der Waals surface area (Å²) in [6, 6.07) is 0. The number of azo groups is 1. The van der Waals surface area contributed by atoms with Crippen LogP contribution in [-0.2, 0) is 4.79 Å². The highest BCUT2D eigenvalue weighted by Gasteiger charge is 2.07. The molecule has 5 heteroatoms. The minimum Gasteiger partial charge on any atom is -0.600 e. The number of nitrogens with zero attached hydrogens (tertiary/aromatic N) is 2. The van der Waals surface area contributed by atoms with E-state index in [1.807, 2.05) is 13.8 Å². The number of aliphatic carboxylic acids is 1. The molecule has 0 aromatic rings. The number of hydrogen-bond acceptors (Lipinski definition) is 3. The van der Waals surface area contributed by atoms with E-state index in [0.29, 0.717) is 4.86 Å². The quantitative estimate of drug-likeness (QED) is 0.228. The number of rotatable bonds is 4. The Kier molecular flexibility index (Phi) is 3.96. The number of carbonyl (C=O) groups is 1. The van der Waals surface area contributed by atoms with E-state index in [0.717, 1.165) is 0 Å². The van der Waals surface area contributed by atoms with E-state index in [-0.39, 0.29) is 12.5 Å². The van der Waals surface area contributed by atoms with Crippen molar-refractivity contribution in [2.45, 2.75) is 13.8 Å². The molecule has 0 aromatic carbocycles. The lowest BCUT2D eigenvalue weighted by atomic mass is 10.2. The van der Waals surface area contributed by atoms with Gasteiger partial charge in [0.25, 0.3) is 0 Å². The van der Waals surface area contributed by atoms with Gasteiger partial charge in [0, 0.05) is 11.0 Å². The van der Waals surface area contributed by atoms with E-state index in [1.165, 1.54) is 0 Å². The van der Waals surface area contributed by atoms with Gasteiger partial charge in [-0.1, -0.05) is 25.3 Å². The van der Waals surface area contributed by atoms with Crippen molar-refractivity contribution in [1.29, 1.82) is 0 Å². The van der Waals surface area contributed by atoms with Crippen molar-refractivity contribution in [3.63, 3.8) is 0 Å². The van der Waals surface area contributed by atoms with E-state index in [9.17, 15) is 10.0 Å². The van der Waals surface area contributed by atoms with Crippen LogP contribution < -0.4 is 0 Å². The number of carboxylic acids is 1. The average molecular weight is 173 g/mol. The summed E-state index contributed by atoms with van der Waals surface area (Å²) in [5.41, 5.74) is -0.439. The van der Waals surface area contributed by atoms with Crippen LogP contribution in [0.1, 0.15) is 13.8 Å². The molecule has 0 spiro atoms. The maximum Gasteiger partial charge on any atom is 0.360 e. The zero-order chi connectivity index (χ0) is 9.72. The number of hydrogen-bond donors (Lipinski definition) is 1. The van der Waals surface area contributed by atoms with Crippen LogP contribution in [0.5, 0.6) is 0 Å². The van der Waals surface area contributed by atoms with E-state index in [1.54, 1.807) is 0 Å². The molecular weight excluding hydrogens is 161 g/mol. The van der Waals surface area contributed by atoms with Gasteiger partial charge in [-0.25, -0.2) is 4.79 Å². The lowest BCUT2D eigenvalue weighted by molar-refractivity contribution is -0.532. The Labute approximate surface area is 70.6 Å². The first kappa shape index (κ1) is 10.6. The normalized spacial score (nSPS) is 11.8. The molecule has 0 aliphatic heterocycles. The second kappa shape index (κ2) is 4.48. The van der Waals surface area contributed by atoms with Gasteiger partial charge in [0.05, 0.1) is 0 Å².